The van der Waals surface area contributed by atoms with E-state index in [2.05, 4.69) is 17.2 Å². The van der Waals surface area contributed by atoms with Gasteiger partial charge in [-0.15, -0.1) is 6.58 Å². The predicted octanol–water partition coefficient (Wildman–Crippen LogP) is 2.85. The number of hydrogen-bond donors (Lipinski definition) is 3. The highest BCUT2D eigenvalue weighted by atomic mass is 16.6. The van der Waals surface area contributed by atoms with Crippen molar-refractivity contribution < 1.29 is 24.2 Å². The Morgan fingerprint density at radius 1 is 1.25 bits per heavy atom. The fraction of sp³-hybridized carbons (Fsp3) is 0.542. The molecule has 0 spiro atoms. The number of benzene rings is 1. The van der Waals surface area contributed by atoms with E-state index >= 15 is 0 Å². The van der Waals surface area contributed by atoms with Crippen molar-refractivity contribution in [1.29, 1.82) is 0 Å². The highest BCUT2D eigenvalue weighted by Gasteiger charge is 2.36. The number of unbranched alkanes of at least 4 members (excludes halogenated alkanes) is 1. The van der Waals surface area contributed by atoms with Gasteiger partial charge in [0.15, 0.2) is 0 Å². The molecule has 0 aromatic heterocycles. The molecule has 2 atom stereocenters. The van der Waals surface area contributed by atoms with Gasteiger partial charge in [-0.05, 0) is 45.2 Å². The van der Waals surface area contributed by atoms with Crippen molar-refractivity contribution in [3.63, 3.8) is 0 Å². The Morgan fingerprint density at radius 3 is 2.44 bits per heavy atom. The third-order valence-electron chi connectivity index (χ3n) is 4.65. The number of hydrogen-bond acceptors (Lipinski definition) is 5. The molecule has 0 fully saturated rings. The zero-order chi connectivity index (χ0) is 24.3. The maximum Gasteiger partial charge on any atom is 0.408 e. The minimum atomic E-state index is -1.28. The summed E-state index contributed by atoms with van der Waals surface area (Å²) < 4.78 is 5.21. The van der Waals surface area contributed by atoms with Gasteiger partial charge < -0.3 is 25.4 Å². The summed E-state index contributed by atoms with van der Waals surface area (Å²) in [5, 5.41) is 15.1. The van der Waals surface area contributed by atoms with Gasteiger partial charge in [-0.25, -0.2) is 4.79 Å². The van der Waals surface area contributed by atoms with Crippen molar-refractivity contribution in [1.82, 2.24) is 15.5 Å². The molecule has 32 heavy (non-hydrogen) atoms. The third-order valence-corrected chi connectivity index (χ3v) is 4.65. The van der Waals surface area contributed by atoms with Gasteiger partial charge in [-0.3, -0.25) is 9.59 Å². The van der Waals surface area contributed by atoms with Gasteiger partial charge in [0, 0.05) is 13.1 Å². The molecule has 0 heterocycles. The van der Waals surface area contributed by atoms with E-state index in [1.54, 1.807) is 32.9 Å². The number of nitrogens with zero attached hydrogens (tertiary/aromatic N) is 1. The first-order valence-corrected chi connectivity index (χ1v) is 10.9. The summed E-state index contributed by atoms with van der Waals surface area (Å²) in [6.07, 6.45) is 2.39. The van der Waals surface area contributed by atoms with Crippen LogP contribution < -0.4 is 10.6 Å². The zero-order valence-electron chi connectivity index (χ0n) is 19.8. The second-order valence-electron chi connectivity index (χ2n) is 8.56. The van der Waals surface area contributed by atoms with E-state index < -0.39 is 36.3 Å². The van der Waals surface area contributed by atoms with E-state index in [1.165, 1.54) is 11.0 Å². The average molecular weight is 448 g/mol. The Labute approximate surface area is 191 Å². The fourth-order valence-electron chi connectivity index (χ4n) is 3.13. The smallest absolute Gasteiger partial charge is 0.408 e. The lowest BCUT2D eigenvalue weighted by Crippen LogP contribution is -2.54. The van der Waals surface area contributed by atoms with E-state index in [9.17, 15) is 19.5 Å². The molecule has 3 N–H and O–H groups in total. The quantitative estimate of drug-likeness (QED) is 0.357. The number of aliphatic hydroxyl groups is 1. The summed E-state index contributed by atoms with van der Waals surface area (Å²) in [6.45, 7) is 12.6. The third kappa shape index (κ3) is 8.34. The van der Waals surface area contributed by atoms with Gasteiger partial charge in [0.2, 0.25) is 11.8 Å². The normalized spacial score (nSPS) is 12.9. The predicted molar refractivity (Wildman–Crippen MR) is 124 cm³/mol. The number of carbonyl (C=O) groups excluding carboxylic acids is 3. The summed E-state index contributed by atoms with van der Waals surface area (Å²) in [4.78, 5) is 40.1. The van der Waals surface area contributed by atoms with E-state index in [-0.39, 0.29) is 12.5 Å². The number of alkyl carbamates (subject to hydrolysis) is 1. The van der Waals surface area contributed by atoms with Crippen LogP contribution in [0.5, 0.6) is 0 Å². The van der Waals surface area contributed by atoms with Crippen LogP contribution in [0.4, 0.5) is 4.79 Å². The molecule has 1 aromatic carbocycles. The van der Waals surface area contributed by atoms with Crippen LogP contribution in [0.25, 0.3) is 0 Å². The van der Waals surface area contributed by atoms with Crippen molar-refractivity contribution in [2.45, 2.75) is 65.1 Å². The first-order chi connectivity index (χ1) is 15.1. The van der Waals surface area contributed by atoms with Crippen molar-refractivity contribution in [3.8, 4) is 0 Å². The molecule has 0 saturated carbocycles. The van der Waals surface area contributed by atoms with Crippen molar-refractivity contribution in [2.24, 2.45) is 0 Å². The van der Waals surface area contributed by atoms with Gasteiger partial charge in [0.05, 0.1) is 6.61 Å². The number of carbonyl (C=O) groups is 3. The topological polar surface area (TPSA) is 108 Å². The van der Waals surface area contributed by atoms with E-state index in [4.69, 9.17) is 4.74 Å². The number of amides is 3. The number of rotatable bonds is 11. The van der Waals surface area contributed by atoms with E-state index in [0.29, 0.717) is 12.1 Å². The summed E-state index contributed by atoms with van der Waals surface area (Å²) in [6, 6.07) is 5.07. The van der Waals surface area contributed by atoms with Crippen LogP contribution in [0.2, 0.25) is 0 Å². The first-order valence-electron chi connectivity index (χ1n) is 10.9. The Bertz CT molecular complexity index is 788. The molecule has 0 saturated heterocycles. The number of aryl methyl sites for hydroxylation is 1. The maximum atomic E-state index is 13.4. The Hall–Kier alpha value is -2.87. The lowest BCUT2D eigenvalue weighted by Gasteiger charge is -2.34. The molecule has 0 aliphatic heterocycles. The van der Waals surface area contributed by atoms with Crippen LogP contribution in [-0.2, 0) is 14.3 Å². The number of aliphatic hydroxyl groups excluding tert-OH is 1. The molecule has 0 bridgehead atoms. The lowest BCUT2D eigenvalue weighted by atomic mass is 9.98. The molecule has 2 unspecified atom stereocenters. The Morgan fingerprint density at radius 2 is 1.91 bits per heavy atom. The molecule has 8 heteroatoms. The van der Waals surface area contributed by atoms with Crippen molar-refractivity contribution in [3.05, 3.63) is 48.0 Å². The van der Waals surface area contributed by atoms with Crippen LogP contribution in [0, 0.1) is 6.92 Å². The largest absolute Gasteiger partial charge is 0.444 e. The molecule has 3 amide bonds. The highest BCUT2D eigenvalue weighted by molar-refractivity contribution is 5.92. The van der Waals surface area contributed by atoms with Crippen molar-refractivity contribution >= 4 is 17.9 Å². The van der Waals surface area contributed by atoms with E-state index in [1.807, 2.05) is 26.0 Å². The van der Waals surface area contributed by atoms with Gasteiger partial charge >= 0.3 is 6.09 Å². The Kier molecular flexibility index (Phi) is 10.9. The molecule has 1 rings (SSSR count). The highest BCUT2D eigenvalue weighted by Crippen LogP contribution is 2.25. The van der Waals surface area contributed by atoms with Gasteiger partial charge in [-0.2, -0.15) is 0 Å². The number of nitrogens with one attached hydrogen (secondary N) is 2. The lowest BCUT2D eigenvalue weighted by molar-refractivity contribution is -0.142. The fourth-order valence-corrected chi connectivity index (χ4v) is 3.13. The molecule has 0 aliphatic rings. The summed E-state index contributed by atoms with van der Waals surface area (Å²) >= 11 is 0. The second kappa shape index (κ2) is 12.9. The zero-order valence-corrected chi connectivity index (χ0v) is 19.8. The molecule has 0 aliphatic carbocycles. The molecule has 178 valence electrons. The maximum absolute atomic E-state index is 13.4. The minimum absolute atomic E-state index is 0.0472. The summed E-state index contributed by atoms with van der Waals surface area (Å²) in [5.74, 6) is -0.950. The molecule has 1 aromatic rings. The molecule has 8 nitrogen and oxygen atoms in total. The van der Waals surface area contributed by atoms with Gasteiger partial charge in [-0.1, -0.05) is 43.7 Å². The SMILES string of the molecule is C=CCN(C(=O)C(CO)NC(=O)OC(C)(C)C)C(C(=O)NCCCC)c1ccccc1C. The van der Waals surface area contributed by atoms with Crippen LogP contribution in [-0.4, -0.2) is 59.3 Å². The monoisotopic (exact) mass is 447 g/mol. The first kappa shape index (κ1) is 27.2. The molecular weight excluding hydrogens is 410 g/mol. The second-order valence-corrected chi connectivity index (χ2v) is 8.56. The molecule has 0 radical (unpaired) electrons. The Balaban J connectivity index is 3.29. The standard InChI is InChI=1S/C24H37N3O5/c1-7-9-14-25-21(29)20(18-13-11-10-12-17(18)3)27(15-8-2)22(30)19(16-28)26-23(31)32-24(4,5)6/h8,10-13,19-20,28H,2,7,9,14-16H2,1,3-6H3,(H,25,29)(H,26,31). The van der Waals surface area contributed by atoms with Crippen LogP contribution in [0.3, 0.4) is 0 Å². The van der Waals surface area contributed by atoms with Crippen LogP contribution in [0.1, 0.15) is 57.7 Å². The summed E-state index contributed by atoms with van der Waals surface area (Å²) in [7, 11) is 0. The summed E-state index contributed by atoms with van der Waals surface area (Å²) in [5.41, 5.74) is 0.730. The molecular formula is C24H37N3O5. The van der Waals surface area contributed by atoms with Gasteiger partial charge in [0.25, 0.3) is 0 Å². The van der Waals surface area contributed by atoms with Gasteiger partial charge in [0.1, 0.15) is 17.7 Å². The van der Waals surface area contributed by atoms with Crippen LogP contribution >= 0.6 is 0 Å². The van der Waals surface area contributed by atoms with E-state index in [0.717, 1.165) is 18.4 Å². The average Bonchev–Trinajstić information content (AvgIpc) is 2.71. The van der Waals surface area contributed by atoms with Crippen molar-refractivity contribution in [2.75, 3.05) is 19.7 Å². The minimum Gasteiger partial charge on any atom is -0.444 e. The number of ether oxygens (including phenoxy) is 1. The van der Waals surface area contributed by atoms with Crippen LogP contribution in [0.15, 0.2) is 36.9 Å².